The van der Waals surface area contributed by atoms with Gasteiger partial charge >= 0.3 is 6.01 Å². The Bertz CT molecular complexity index is 909. The summed E-state index contributed by atoms with van der Waals surface area (Å²) in [6.07, 6.45) is 2.72. The maximum Gasteiger partial charge on any atom is 0.317 e. The van der Waals surface area contributed by atoms with Gasteiger partial charge in [0, 0.05) is 22.5 Å². The van der Waals surface area contributed by atoms with Gasteiger partial charge in [0.1, 0.15) is 11.0 Å². The molecule has 9 heteroatoms. The standard InChI is InChI=1S/C18H21Cl2N3O3S/c1-11-9-12(2)22-18(21-11)26-15-6-4-14(5-7-15)23-27(24,25)17-10-13(19)3-8-16(17)20/h3,8-10,14-15,23H,4-7H2,1-2H3. The Labute approximate surface area is 169 Å². The fourth-order valence-corrected chi connectivity index (χ4v) is 5.23. The largest absolute Gasteiger partial charge is 0.460 e. The lowest BCUT2D eigenvalue weighted by atomic mass is 9.94. The minimum Gasteiger partial charge on any atom is -0.460 e. The summed E-state index contributed by atoms with van der Waals surface area (Å²) in [5.41, 5.74) is 1.72. The molecular formula is C18H21Cl2N3O3S. The predicted octanol–water partition coefficient (Wildman–Crippen LogP) is 4.07. The lowest BCUT2D eigenvalue weighted by molar-refractivity contribution is 0.131. The monoisotopic (exact) mass is 429 g/mol. The van der Waals surface area contributed by atoms with Crippen LogP contribution in [0.5, 0.6) is 6.01 Å². The van der Waals surface area contributed by atoms with E-state index in [4.69, 9.17) is 27.9 Å². The molecule has 1 aromatic carbocycles. The summed E-state index contributed by atoms with van der Waals surface area (Å²) in [6.45, 7) is 3.79. The van der Waals surface area contributed by atoms with Crippen molar-refractivity contribution in [3.8, 4) is 6.01 Å². The van der Waals surface area contributed by atoms with Gasteiger partial charge in [-0.2, -0.15) is 0 Å². The Kier molecular flexibility index (Phi) is 6.25. The van der Waals surface area contributed by atoms with E-state index in [2.05, 4.69) is 14.7 Å². The minimum atomic E-state index is -3.73. The van der Waals surface area contributed by atoms with Crippen LogP contribution < -0.4 is 9.46 Å². The molecule has 1 aliphatic rings. The summed E-state index contributed by atoms with van der Waals surface area (Å²) >= 11 is 11.9. The number of benzene rings is 1. The van der Waals surface area contributed by atoms with E-state index in [1.54, 1.807) is 6.07 Å². The van der Waals surface area contributed by atoms with Crippen molar-refractivity contribution in [1.29, 1.82) is 0 Å². The van der Waals surface area contributed by atoms with E-state index in [-0.39, 0.29) is 22.1 Å². The summed E-state index contributed by atoms with van der Waals surface area (Å²) in [5, 5.41) is 0.473. The molecule has 146 valence electrons. The fraction of sp³-hybridized carbons (Fsp3) is 0.444. The van der Waals surface area contributed by atoms with Crippen molar-refractivity contribution >= 4 is 33.2 Å². The van der Waals surface area contributed by atoms with E-state index < -0.39 is 10.0 Å². The molecule has 2 aromatic rings. The van der Waals surface area contributed by atoms with E-state index in [1.807, 2.05) is 19.9 Å². The quantitative estimate of drug-likeness (QED) is 0.774. The van der Waals surface area contributed by atoms with E-state index >= 15 is 0 Å². The molecule has 0 spiro atoms. The summed E-state index contributed by atoms with van der Waals surface area (Å²) in [6, 6.07) is 6.48. The van der Waals surface area contributed by atoms with Gasteiger partial charge in [-0.15, -0.1) is 0 Å². The molecule has 0 aliphatic heterocycles. The number of aromatic nitrogens is 2. The second-order valence-electron chi connectivity index (χ2n) is 6.72. The lowest BCUT2D eigenvalue weighted by Gasteiger charge is -2.28. The highest BCUT2D eigenvalue weighted by Gasteiger charge is 2.28. The number of rotatable bonds is 5. The summed E-state index contributed by atoms with van der Waals surface area (Å²) in [5.74, 6) is 0. The third-order valence-electron chi connectivity index (χ3n) is 4.41. The molecule has 0 radical (unpaired) electrons. The van der Waals surface area contributed by atoms with Crippen molar-refractivity contribution in [3.63, 3.8) is 0 Å². The van der Waals surface area contributed by atoms with E-state index in [0.717, 1.165) is 11.4 Å². The van der Waals surface area contributed by atoms with Crippen LogP contribution in [0.3, 0.4) is 0 Å². The van der Waals surface area contributed by atoms with Crippen molar-refractivity contribution in [3.05, 3.63) is 45.7 Å². The highest BCUT2D eigenvalue weighted by Crippen LogP contribution is 2.27. The number of nitrogens with one attached hydrogen (secondary N) is 1. The number of hydrogen-bond donors (Lipinski definition) is 1. The number of nitrogens with zero attached hydrogens (tertiary/aromatic N) is 2. The molecule has 1 heterocycles. The first-order chi connectivity index (χ1) is 12.7. The maximum atomic E-state index is 12.6. The zero-order chi connectivity index (χ0) is 19.6. The first kappa shape index (κ1) is 20.3. The van der Waals surface area contributed by atoms with Crippen LogP contribution in [0.25, 0.3) is 0 Å². The van der Waals surface area contributed by atoms with Crippen LogP contribution >= 0.6 is 23.2 Å². The first-order valence-electron chi connectivity index (χ1n) is 8.69. The number of aryl methyl sites for hydroxylation is 2. The van der Waals surface area contributed by atoms with Crippen LogP contribution in [0.15, 0.2) is 29.2 Å². The Hall–Kier alpha value is -1.41. The summed E-state index contributed by atoms with van der Waals surface area (Å²) in [4.78, 5) is 8.58. The van der Waals surface area contributed by atoms with Gasteiger partial charge in [0.05, 0.1) is 5.02 Å². The molecule has 0 amide bonds. The van der Waals surface area contributed by atoms with Gasteiger partial charge in [0.25, 0.3) is 0 Å². The Morgan fingerprint density at radius 3 is 2.30 bits per heavy atom. The van der Waals surface area contributed by atoms with Gasteiger partial charge in [-0.25, -0.2) is 23.1 Å². The number of halogens is 2. The Balaban J connectivity index is 1.60. The van der Waals surface area contributed by atoms with Crippen LogP contribution in [0, 0.1) is 13.8 Å². The Morgan fingerprint density at radius 2 is 1.67 bits per heavy atom. The first-order valence-corrected chi connectivity index (χ1v) is 10.9. The lowest BCUT2D eigenvalue weighted by Crippen LogP contribution is -2.39. The third-order valence-corrected chi connectivity index (χ3v) is 6.65. The zero-order valence-corrected chi connectivity index (χ0v) is 17.4. The van der Waals surface area contributed by atoms with Crippen molar-refractivity contribution in [1.82, 2.24) is 14.7 Å². The molecule has 1 N–H and O–H groups in total. The van der Waals surface area contributed by atoms with Crippen LogP contribution in [0.2, 0.25) is 10.0 Å². The fourth-order valence-electron chi connectivity index (χ4n) is 3.16. The molecule has 3 rings (SSSR count). The van der Waals surface area contributed by atoms with Gasteiger partial charge < -0.3 is 4.74 Å². The molecule has 0 saturated heterocycles. The second-order valence-corrected chi connectivity index (χ2v) is 9.25. The molecule has 1 saturated carbocycles. The molecule has 0 atom stereocenters. The molecule has 0 unspecified atom stereocenters. The SMILES string of the molecule is Cc1cc(C)nc(OC2CCC(NS(=O)(=O)c3cc(Cl)ccc3Cl)CC2)n1. The molecule has 1 fully saturated rings. The topological polar surface area (TPSA) is 81.2 Å². The average Bonchev–Trinajstić information content (AvgIpc) is 2.57. The van der Waals surface area contributed by atoms with Crippen LogP contribution in [0.1, 0.15) is 37.1 Å². The minimum absolute atomic E-state index is 0.00123. The molecule has 6 nitrogen and oxygen atoms in total. The van der Waals surface area contributed by atoms with Crippen LogP contribution in [-0.2, 0) is 10.0 Å². The smallest absolute Gasteiger partial charge is 0.317 e. The predicted molar refractivity (Wildman–Crippen MR) is 105 cm³/mol. The van der Waals surface area contributed by atoms with E-state index in [9.17, 15) is 8.42 Å². The summed E-state index contributed by atoms with van der Waals surface area (Å²) < 4.78 is 33.8. The third kappa shape index (κ3) is 5.31. The van der Waals surface area contributed by atoms with Crippen LogP contribution in [-0.4, -0.2) is 30.5 Å². The normalized spacial score (nSPS) is 20.4. The van der Waals surface area contributed by atoms with Gasteiger partial charge in [-0.3, -0.25) is 0 Å². The highest BCUT2D eigenvalue weighted by molar-refractivity contribution is 7.89. The number of hydrogen-bond acceptors (Lipinski definition) is 5. The van der Waals surface area contributed by atoms with Crippen molar-refractivity contribution in [2.75, 3.05) is 0 Å². The van der Waals surface area contributed by atoms with Gasteiger partial charge in [-0.1, -0.05) is 23.2 Å². The van der Waals surface area contributed by atoms with Gasteiger partial charge in [-0.05, 0) is 63.8 Å². The Morgan fingerprint density at radius 1 is 1.04 bits per heavy atom. The zero-order valence-electron chi connectivity index (χ0n) is 15.1. The molecular weight excluding hydrogens is 409 g/mol. The van der Waals surface area contributed by atoms with Gasteiger partial charge in [0.15, 0.2) is 0 Å². The molecule has 0 bridgehead atoms. The van der Waals surface area contributed by atoms with Gasteiger partial charge in [0.2, 0.25) is 10.0 Å². The second kappa shape index (κ2) is 8.31. The van der Waals surface area contributed by atoms with Crippen molar-refractivity contribution < 1.29 is 13.2 Å². The number of sulfonamides is 1. The van der Waals surface area contributed by atoms with E-state index in [1.165, 1.54) is 12.1 Å². The molecule has 27 heavy (non-hydrogen) atoms. The number of ether oxygens (including phenoxy) is 1. The maximum absolute atomic E-state index is 12.6. The summed E-state index contributed by atoms with van der Waals surface area (Å²) in [7, 11) is -3.73. The highest BCUT2D eigenvalue weighted by atomic mass is 35.5. The van der Waals surface area contributed by atoms with E-state index in [0.29, 0.717) is 36.7 Å². The molecule has 1 aliphatic carbocycles. The average molecular weight is 430 g/mol. The molecule has 1 aromatic heterocycles. The van der Waals surface area contributed by atoms with Crippen molar-refractivity contribution in [2.24, 2.45) is 0 Å². The van der Waals surface area contributed by atoms with Crippen molar-refractivity contribution in [2.45, 2.75) is 56.6 Å². The van der Waals surface area contributed by atoms with Crippen LogP contribution in [0.4, 0.5) is 0 Å².